The minimum Gasteiger partial charge on any atom is -0.464 e. The lowest BCUT2D eigenvalue weighted by Gasteiger charge is -2.36. The third kappa shape index (κ3) is 3.21. The van der Waals surface area contributed by atoms with Gasteiger partial charge in [-0.3, -0.25) is 4.79 Å². The van der Waals surface area contributed by atoms with Crippen molar-refractivity contribution in [3.63, 3.8) is 0 Å². The van der Waals surface area contributed by atoms with E-state index >= 15 is 0 Å². The number of amides is 2. The molecule has 3 N–H and O–H groups in total. The Bertz CT molecular complexity index is 1040. The zero-order valence-electron chi connectivity index (χ0n) is 17.7. The normalized spacial score (nSPS) is 26.8. The Kier molecular flexibility index (Phi) is 4.60. The lowest BCUT2D eigenvalue weighted by Crippen LogP contribution is -2.45. The summed E-state index contributed by atoms with van der Waals surface area (Å²) in [5, 5.41) is 2.93. The van der Waals surface area contributed by atoms with Crippen molar-refractivity contribution in [3.8, 4) is 22.8 Å². The summed E-state index contributed by atoms with van der Waals surface area (Å²) in [5.41, 5.74) is 8.32. The molecule has 1 atom stereocenters. The van der Waals surface area contributed by atoms with Crippen LogP contribution in [0.5, 0.6) is 11.5 Å². The zero-order chi connectivity index (χ0) is 21.8. The van der Waals surface area contributed by atoms with Crippen molar-refractivity contribution in [1.82, 2.24) is 5.32 Å². The quantitative estimate of drug-likeness (QED) is 0.774. The summed E-state index contributed by atoms with van der Waals surface area (Å²) in [6.45, 7) is 4.41. The van der Waals surface area contributed by atoms with E-state index in [9.17, 15) is 9.59 Å². The minimum atomic E-state index is -0.882. The standard InChI is InChI=1S/C23H26N2O6/c1-12-17-15(9-10-25-21(17)26)18(16-4-3-11-28-16)20-19(12)30-23(2,31-20)13-5-7-14(8-6-13)29-22(24)27/h3-4,11,13-14H,5-10H2,1-2H3,(H2,24,27)(H,25,26)/t13-,14-,23?. The van der Waals surface area contributed by atoms with Crippen LogP contribution in [0.4, 0.5) is 4.79 Å². The maximum absolute atomic E-state index is 12.7. The van der Waals surface area contributed by atoms with Crippen molar-refractivity contribution < 1.29 is 28.2 Å². The van der Waals surface area contributed by atoms with Crippen LogP contribution in [-0.4, -0.2) is 30.4 Å². The number of nitrogens with one attached hydrogen (secondary N) is 1. The number of hydrogen-bond donors (Lipinski definition) is 2. The Morgan fingerprint density at radius 1 is 1.19 bits per heavy atom. The molecule has 8 nitrogen and oxygen atoms in total. The second-order valence-electron chi connectivity index (χ2n) is 8.63. The van der Waals surface area contributed by atoms with Gasteiger partial charge in [0.15, 0.2) is 11.5 Å². The van der Waals surface area contributed by atoms with Gasteiger partial charge in [0, 0.05) is 24.9 Å². The number of carbonyl (C=O) groups is 2. The number of benzene rings is 1. The van der Waals surface area contributed by atoms with E-state index in [1.807, 2.05) is 26.0 Å². The summed E-state index contributed by atoms with van der Waals surface area (Å²) in [7, 11) is 0. The van der Waals surface area contributed by atoms with Gasteiger partial charge in [0.2, 0.25) is 0 Å². The minimum absolute atomic E-state index is 0.0994. The van der Waals surface area contributed by atoms with Crippen LogP contribution in [0.2, 0.25) is 0 Å². The predicted octanol–water partition coefficient (Wildman–Crippen LogP) is 3.68. The molecule has 3 heterocycles. The third-order valence-electron chi connectivity index (χ3n) is 6.72. The van der Waals surface area contributed by atoms with Gasteiger partial charge in [0.25, 0.3) is 11.7 Å². The van der Waals surface area contributed by atoms with Gasteiger partial charge in [-0.25, -0.2) is 4.79 Å². The summed E-state index contributed by atoms with van der Waals surface area (Å²) >= 11 is 0. The highest BCUT2D eigenvalue weighted by Crippen LogP contribution is 2.54. The molecule has 1 aromatic carbocycles. The average molecular weight is 426 g/mol. The molecule has 0 radical (unpaired) electrons. The number of carbonyl (C=O) groups excluding carboxylic acids is 2. The van der Waals surface area contributed by atoms with Crippen LogP contribution in [0.3, 0.4) is 0 Å². The van der Waals surface area contributed by atoms with Gasteiger partial charge >= 0.3 is 6.09 Å². The Morgan fingerprint density at radius 3 is 2.61 bits per heavy atom. The van der Waals surface area contributed by atoms with Gasteiger partial charge in [0.1, 0.15) is 11.9 Å². The van der Waals surface area contributed by atoms with Crippen LogP contribution in [0, 0.1) is 12.8 Å². The van der Waals surface area contributed by atoms with Gasteiger partial charge in [-0.1, -0.05) is 0 Å². The van der Waals surface area contributed by atoms with E-state index in [2.05, 4.69) is 5.32 Å². The second kappa shape index (κ2) is 7.21. The Balaban J connectivity index is 1.52. The van der Waals surface area contributed by atoms with Crippen LogP contribution >= 0.6 is 0 Å². The number of primary amides is 1. The summed E-state index contributed by atoms with van der Waals surface area (Å²) in [5.74, 6) is 1.01. The van der Waals surface area contributed by atoms with Gasteiger partial charge in [-0.15, -0.1) is 0 Å². The van der Waals surface area contributed by atoms with E-state index < -0.39 is 11.9 Å². The first kappa shape index (κ1) is 19.8. The van der Waals surface area contributed by atoms with E-state index in [1.165, 1.54) is 0 Å². The van der Waals surface area contributed by atoms with Gasteiger partial charge in [0.05, 0.1) is 17.4 Å². The van der Waals surface area contributed by atoms with E-state index in [0.29, 0.717) is 48.6 Å². The molecule has 2 aliphatic heterocycles. The zero-order valence-corrected chi connectivity index (χ0v) is 17.7. The Morgan fingerprint density at radius 2 is 1.94 bits per heavy atom. The van der Waals surface area contributed by atoms with Crippen LogP contribution in [-0.2, 0) is 11.2 Å². The van der Waals surface area contributed by atoms with Crippen molar-refractivity contribution >= 4 is 12.0 Å². The molecular weight excluding hydrogens is 400 g/mol. The third-order valence-corrected chi connectivity index (χ3v) is 6.72. The fourth-order valence-electron chi connectivity index (χ4n) is 5.20. The highest BCUT2D eigenvalue weighted by atomic mass is 16.7. The topological polar surface area (TPSA) is 113 Å². The molecule has 0 saturated heterocycles. The number of ether oxygens (including phenoxy) is 3. The van der Waals surface area contributed by atoms with Crippen molar-refractivity contribution in [2.75, 3.05) is 6.54 Å². The lowest BCUT2D eigenvalue weighted by atomic mass is 9.82. The molecule has 2 aromatic rings. The molecule has 1 saturated carbocycles. The van der Waals surface area contributed by atoms with Gasteiger partial charge in [-0.05, 0) is 56.7 Å². The molecule has 2 amide bonds. The lowest BCUT2D eigenvalue weighted by molar-refractivity contribution is -0.126. The number of nitrogens with two attached hydrogens (primary N) is 1. The molecule has 8 heteroatoms. The fourth-order valence-corrected chi connectivity index (χ4v) is 5.20. The average Bonchev–Trinajstić information content (AvgIpc) is 3.37. The molecule has 164 valence electrons. The molecular formula is C23H26N2O6. The van der Waals surface area contributed by atoms with Crippen molar-refractivity contribution in [1.29, 1.82) is 0 Å². The smallest absolute Gasteiger partial charge is 0.404 e. The molecule has 0 bridgehead atoms. The molecule has 1 unspecified atom stereocenters. The molecule has 1 aliphatic carbocycles. The van der Waals surface area contributed by atoms with Gasteiger partial charge < -0.3 is 29.7 Å². The summed E-state index contributed by atoms with van der Waals surface area (Å²) in [4.78, 5) is 23.8. The molecule has 0 spiro atoms. The van der Waals surface area contributed by atoms with Crippen LogP contribution in [0.1, 0.15) is 54.1 Å². The monoisotopic (exact) mass is 426 g/mol. The van der Waals surface area contributed by atoms with E-state index in [4.69, 9.17) is 24.4 Å². The van der Waals surface area contributed by atoms with Crippen LogP contribution < -0.4 is 20.5 Å². The Labute approximate surface area is 180 Å². The number of hydrogen-bond acceptors (Lipinski definition) is 6. The molecule has 3 aliphatic rings. The van der Waals surface area contributed by atoms with Crippen molar-refractivity contribution in [3.05, 3.63) is 35.1 Å². The van der Waals surface area contributed by atoms with Crippen molar-refractivity contribution in [2.45, 2.75) is 57.8 Å². The SMILES string of the molecule is Cc1c2c(c(-c3ccco3)c3c1C(=O)NCC3)OC(C)([C@H]1CC[C@H](OC(N)=O)CC1)O2. The van der Waals surface area contributed by atoms with E-state index in [-0.39, 0.29) is 17.9 Å². The highest BCUT2D eigenvalue weighted by molar-refractivity contribution is 6.02. The van der Waals surface area contributed by atoms with Crippen LogP contribution in [0.25, 0.3) is 11.3 Å². The van der Waals surface area contributed by atoms with E-state index in [1.54, 1.807) is 6.26 Å². The molecule has 1 aromatic heterocycles. The van der Waals surface area contributed by atoms with Crippen LogP contribution in [0.15, 0.2) is 22.8 Å². The molecule has 1 fully saturated rings. The highest BCUT2D eigenvalue weighted by Gasteiger charge is 2.49. The summed E-state index contributed by atoms with van der Waals surface area (Å²) in [6.07, 6.45) is 4.36. The first-order valence-corrected chi connectivity index (χ1v) is 10.7. The maximum Gasteiger partial charge on any atom is 0.404 e. The van der Waals surface area contributed by atoms with E-state index in [0.717, 1.165) is 29.5 Å². The summed E-state index contributed by atoms with van der Waals surface area (Å²) in [6, 6.07) is 3.70. The molecule has 31 heavy (non-hydrogen) atoms. The maximum atomic E-state index is 12.7. The summed E-state index contributed by atoms with van der Waals surface area (Å²) < 4.78 is 23.9. The predicted molar refractivity (Wildman–Crippen MR) is 111 cm³/mol. The number of furan rings is 1. The van der Waals surface area contributed by atoms with Crippen molar-refractivity contribution in [2.24, 2.45) is 11.7 Å². The number of fused-ring (bicyclic) bond motifs is 2. The number of rotatable bonds is 3. The second-order valence-corrected chi connectivity index (χ2v) is 8.63. The van der Waals surface area contributed by atoms with Gasteiger partial charge in [-0.2, -0.15) is 0 Å². The first-order chi connectivity index (χ1) is 14.9. The fraction of sp³-hybridized carbons (Fsp3) is 0.478. The first-order valence-electron chi connectivity index (χ1n) is 10.7. The Hall–Kier alpha value is -3.16. The molecule has 5 rings (SSSR count). The largest absolute Gasteiger partial charge is 0.464 e.